The minimum absolute atomic E-state index is 0.0793. The van der Waals surface area contributed by atoms with Crippen molar-refractivity contribution in [3.8, 4) is 5.75 Å². The molecule has 2 aromatic rings. The van der Waals surface area contributed by atoms with E-state index >= 15 is 0 Å². The third-order valence-electron chi connectivity index (χ3n) is 3.75. The van der Waals surface area contributed by atoms with Crippen LogP contribution in [0.2, 0.25) is 0 Å². The Morgan fingerprint density at radius 1 is 1.40 bits per heavy atom. The summed E-state index contributed by atoms with van der Waals surface area (Å²) in [6, 6.07) is 8.00. The second-order valence-electron chi connectivity index (χ2n) is 5.33. The van der Waals surface area contributed by atoms with E-state index in [1.54, 1.807) is 0 Å². The van der Waals surface area contributed by atoms with Crippen molar-refractivity contribution in [1.82, 2.24) is 10.1 Å². The van der Waals surface area contributed by atoms with Gasteiger partial charge in [0.2, 0.25) is 5.89 Å². The van der Waals surface area contributed by atoms with E-state index in [1.165, 1.54) is 0 Å². The third kappa shape index (κ3) is 2.54. The molecule has 0 fully saturated rings. The second kappa shape index (κ2) is 5.63. The molecule has 1 aromatic heterocycles. The second-order valence-corrected chi connectivity index (χ2v) is 5.33. The molecule has 1 aromatic carbocycles. The van der Waals surface area contributed by atoms with E-state index in [1.807, 2.05) is 18.2 Å². The van der Waals surface area contributed by atoms with Crippen LogP contribution in [0.4, 0.5) is 0 Å². The van der Waals surface area contributed by atoms with E-state index < -0.39 is 0 Å². The van der Waals surface area contributed by atoms with Crippen LogP contribution in [0.25, 0.3) is 0 Å². The first-order valence-electron chi connectivity index (χ1n) is 7.02. The zero-order valence-corrected chi connectivity index (χ0v) is 11.6. The molecule has 2 unspecified atom stereocenters. The number of hydrogen-bond acceptors (Lipinski definition) is 5. The maximum absolute atomic E-state index is 5.65. The molecule has 1 aliphatic rings. The molecule has 2 heterocycles. The van der Waals surface area contributed by atoms with Crippen LogP contribution in [0.5, 0.6) is 5.75 Å². The Hall–Kier alpha value is -1.88. The first-order valence-corrected chi connectivity index (χ1v) is 7.02. The van der Waals surface area contributed by atoms with Crippen molar-refractivity contribution in [3.63, 3.8) is 0 Å². The molecular formula is C15H19N3O2. The number of benzene rings is 1. The topological polar surface area (TPSA) is 74.2 Å². The average molecular weight is 273 g/mol. The van der Waals surface area contributed by atoms with Crippen LogP contribution in [0, 0.1) is 5.92 Å². The molecule has 0 radical (unpaired) electrons. The Morgan fingerprint density at radius 3 is 3.10 bits per heavy atom. The lowest BCUT2D eigenvalue weighted by atomic mass is 10.0. The molecule has 0 spiro atoms. The zero-order valence-electron chi connectivity index (χ0n) is 11.6. The number of aryl methyl sites for hydroxylation is 1. The highest BCUT2D eigenvalue weighted by molar-refractivity contribution is 5.42. The molecule has 0 aliphatic carbocycles. The van der Waals surface area contributed by atoms with Gasteiger partial charge in [-0.25, -0.2) is 0 Å². The van der Waals surface area contributed by atoms with Gasteiger partial charge in [-0.3, -0.25) is 0 Å². The summed E-state index contributed by atoms with van der Waals surface area (Å²) in [5.74, 6) is 2.87. The van der Waals surface area contributed by atoms with Gasteiger partial charge < -0.3 is 15.0 Å². The van der Waals surface area contributed by atoms with Gasteiger partial charge in [-0.1, -0.05) is 30.3 Å². The lowest BCUT2D eigenvalue weighted by Gasteiger charge is -2.04. The summed E-state index contributed by atoms with van der Waals surface area (Å²) < 4.78 is 11.0. The van der Waals surface area contributed by atoms with Gasteiger partial charge >= 0.3 is 0 Å². The summed E-state index contributed by atoms with van der Waals surface area (Å²) >= 11 is 0. The first kappa shape index (κ1) is 13.1. The number of nitrogens with two attached hydrogens (primary N) is 1. The number of aromatic nitrogens is 2. The fraction of sp³-hybridized carbons (Fsp3) is 0.467. The van der Waals surface area contributed by atoms with Gasteiger partial charge in [0.15, 0.2) is 5.82 Å². The normalized spacial score (nSPS) is 18.6. The van der Waals surface area contributed by atoms with Crippen LogP contribution in [0.3, 0.4) is 0 Å². The van der Waals surface area contributed by atoms with E-state index in [9.17, 15) is 0 Å². The minimum atomic E-state index is 0.0793. The average Bonchev–Trinajstić information content (AvgIpc) is 3.10. The Morgan fingerprint density at radius 2 is 2.25 bits per heavy atom. The van der Waals surface area contributed by atoms with Crippen molar-refractivity contribution in [3.05, 3.63) is 41.5 Å². The van der Waals surface area contributed by atoms with Crippen molar-refractivity contribution in [1.29, 1.82) is 0 Å². The monoisotopic (exact) mass is 273 g/mol. The lowest BCUT2D eigenvalue weighted by Crippen LogP contribution is -2.11. The van der Waals surface area contributed by atoms with E-state index in [4.69, 9.17) is 15.0 Å². The number of ether oxygens (including phenoxy) is 1. The van der Waals surface area contributed by atoms with Gasteiger partial charge in [0, 0.05) is 12.0 Å². The van der Waals surface area contributed by atoms with Gasteiger partial charge in [0.1, 0.15) is 12.4 Å². The van der Waals surface area contributed by atoms with Gasteiger partial charge in [0.25, 0.3) is 0 Å². The number of para-hydroxylation sites is 1. The first-order chi connectivity index (χ1) is 9.78. The molecule has 1 aliphatic heterocycles. The van der Waals surface area contributed by atoms with Crippen LogP contribution in [0.1, 0.15) is 36.5 Å². The standard InChI is InChI=1S/C15H19N3O2/c1-10(8-16)6-7-14-17-15(18-20-14)12-9-19-13-5-3-2-4-11(12)13/h2-5,10,12H,6-9,16H2,1H3. The Labute approximate surface area is 118 Å². The lowest BCUT2D eigenvalue weighted by molar-refractivity contribution is 0.330. The Bertz CT molecular complexity index is 582. The maximum atomic E-state index is 5.65. The summed E-state index contributed by atoms with van der Waals surface area (Å²) in [6.07, 6.45) is 1.75. The number of nitrogens with zero attached hydrogens (tertiary/aromatic N) is 2. The number of hydrogen-bond donors (Lipinski definition) is 1. The fourth-order valence-electron chi connectivity index (χ4n) is 2.38. The minimum Gasteiger partial charge on any atom is -0.492 e. The van der Waals surface area contributed by atoms with Gasteiger partial charge in [-0.15, -0.1) is 0 Å². The van der Waals surface area contributed by atoms with E-state index in [-0.39, 0.29) is 5.92 Å². The summed E-state index contributed by atoms with van der Waals surface area (Å²) in [7, 11) is 0. The smallest absolute Gasteiger partial charge is 0.226 e. The molecule has 106 valence electrons. The van der Waals surface area contributed by atoms with Gasteiger partial charge in [-0.05, 0) is 24.9 Å². The summed E-state index contributed by atoms with van der Waals surface area (Å²) in [5, 5.41) is 4.10. The highest BCUT2D eigenvalue weighted by atomic mass is 16.5. The largest absolute Gasteiger partial charge is 0.492 e. The summed E-state index contributed by atoms with van der Waals surface area (Å²) in [4.78, 5) is 4.50. The van der Waals surface area contributed by atoms with Gasteiger partial charge in [-0.2, -0.15) is 4.98 Å². The molecule has 2 N–H and O–H groups in total. The van der Waals surface area contributed by atoms with Crippen LogP contribution < -0.4 is 10.5 Å². The van der Waals surface area contributed by atoms with Crippen molar-refractivity contribution >= 4 is 0 Å². The van der Waals surface area contributed by atoms with Crippen LogP contribution in [0.15, 0.2) is 28.8 Å². The van der Waals surface area contributed by atoms with Crippen LogP contribution in [-0.4, -0.2) is 23.3 Å². The Kier molecular flexibility index (Phi) is 3.69. The molecule has 0 saturated carbocycles. The molecule has 2 atom stereocenters. The molecule has 5 nitrogen and oxygen atoms in total. The quantitative estimate of drug-likeness (QED) is 0.903. The van der Waals surface area contributed by atoms with Crippen molar-refractivity contribution in [2.45, 2.75) is 25.7 Å². The fourth-order valence-corrected chi connectivity index (χ4v) is 2.38. The molecule has 0 amide bonds. The molecule has 20 heavy (non-hydrogen) atoms. The number of rotatable bonds is 5. The van der Waals surface area contributed by atoms with E-state index in [0.29, 0.717) is 30.8 Å². The van der Waals surface area contributed by atoms with Crippen LogP contribution >= 0.6 is 0 Å². The van der Waals surface area contributed by atoms with Crippen molar-refractivity contribution in [2.24, 2.45) is 11.7 Å². The highest BCUT2D eigenvalue weighted by Crippen LogP contribution is 2.36. The predicted molar refractivity (Wildman–Crippen MR) is 74.6 cm³/mol. The number of fused-ring (bicyclic) bond motifs is 1. The van der Waals surface area contributed by atoms with Gasteiger partial charge in [0.05, 0.1) is 5.92 Å². The molecular weight excluding hydrogens is 254 g/mol. The molecule has 3 rings (SSSR count). The van der Waals surface area contributed by atoms with Crippen molar-refractivity contribution < 1.29 is 9.26 Å². The third-order valence-corrected chi connectivity index (χ3v) is 3.75. The van der Waals surface area contributed by atoms with Crippen molar-refractivity contribution in [2.75, 3.05) is 13.2 Å². The summed E-state index contributed by atoms with van der Waals surface area (Å²) in [6.45, 7) is 3.39. The highest BCUT2D eigenvalue weighted by Gasteiger charge is 2.29. The Balaban J connectivity index is 1.72. The molecule has 0 bridgehead atoms. The summed E-state index contributed by atoms with van der Waals surface area (Å²) in [5.41, 5.74) is 6.75. The molecule has 0 saturated heterocycles. The predicted octanol–water partition coefficient (Wildman–Crippen LogP) is 2.12. The maximum Gasteiger partial charge on any atom is 0.226 e. The zero-order chi connectivity index (χ0) is 13.9. The molecule has 5 heteroatoms. The van der Waals surface area contributed by atoms with E-state index in [0.717, 1.165) is 24.2 Å². The SMILES string of the molecule is CC(CN)CCc1nc(C2COc3ccccc32)no1. The van der Waals surface area contributed by atoms with E-state index in [2.05, 4.69) is 23.1 Å². The van der Waals surface area contributed by atoms with Crippen LogP contribution in [-0.2, 0) is 6.42 Å².